The molecule has 0 aromatic heterocycles. The van der Waals surface area contributed by atoms with Crippen LogP contribution >= 0.6 is 0 Å². The van der Waals surface area contributed by atoms with E-state index in [-0.39, 0.29) is 0 Å². The Morgan fingerprint density at radius 3 is 2.74 bits per heavy atom. The van der Waals surface area contributed by atoms with E-state index < -0.39 is 0 Å². The van der Waals surface area contributed by atoms with Gasteiger partial charge in [0, 0.05) is 45.4 Å². The van der Waals surface area contributed by atoms with Gasteiger partial charge in [-0.25, -0.2) is 0 Å². The fraction of sp³-hybridized carbons (Fsp3) is 1.00. The number of hydrogen-bond acceptors (Lipinski definition) is 4. The van der Waals surface area contributed by atoms with E-state index in [0.717, 1.165) is 26.2 Å². The van der Waals surface area contributed by atoms with Crippen molar-refractivity contribution in [3.63, 3.8) is 0 Å². The standard InChI is InChI=1S/C15H31N3O/c1-15(2)11-17(4)13(8-16-3)9-18(12-15)10-14-6-5-7-19-14/h13-14,16H,5-12H2,1-4H3. The summed E-state index contributed by atoms with van der Waals surface area (Å²) in [5.41, 5.74) is 0.357. The number of rotatable bonds is 4. The van der Waals surface area contributed by atoms with Crippen LogP contribution < -0.4 is 5.32 Å². The second-order valence-electron chi connectivity index (χ2n) is 7.12. The Balaban J connectivity index is 1.98. The lowest BCUT2D eigenvalue weighted by Crippen LogP contribution is -2.46. The predicted octanol–water partition coefficient (Wildman–Crippen LogP) is 1.03. The minimum absolute atomic E-state index is 0.357. The molecule has 2 aliphatic heterocycles. The summed E-state index contributed by atoms with van der Waals surface area (Å²) < 4.78 is 5.82. The summed E-state index contributed by atoms with van der Waals surface area (Å²) >= 11 is 0. The zero-order valence-electron chi connectivity index (χ0n) is 13.1. The fourth-order valence-corrected chi connectivity index (χ4v) is 3.63. The van der Waals surface area contributed by atoms with Crippen molar-refractivity contribution in [1.29, 1.82) is 0 Å². The molecule has 0 amide bonds. The highest BCUT2D eigenvalue weighted by atomic mass is 16.5. The average Bonchev–Trinajstić information content (AvgIpc) is 2.75. The first kappa shape index (κ1) is 15.2. The molecular formula is C15H31N3O. The van der Waals surface area contributed by atoms with Gasteiger partial charge in [-0.15, -0.1) is 0 Å². The Morgan fingerprint density at radius 1 is 1.32 bits per heavy atom. The van der Waals surface area contributed by atoms with Crippen LogP contribution in [0.2, 0.25) is 0 Å². The van der Waals surface area contributed by atoms with Crippen LogP contribution in [0.4, 0.5) is 0 Å². The van der Waals surface area contributed by atoms with Crippen LogP contribution in [0.25, 0.3) is 0 Å². The highest BCUT2D eigenvalue weighted by Gasteiger charge is 2.33. The predicted molar refractivity (Wildman–Crippen MR) is 79.5 cm³/mol. The van der Waals surface area contributed by atoms with E-state index in [0.29, 0.717) is 17.6 Å². The number of nitrogens with one attached hydrogen (secondary N) is 1. The zero-order valence-corrected chi connectivity index (χ0v) is 13.1. The van der Waals surface area contributed by atoms with E-state index in [4.69, 9.17) is 4.74 Å². The molecule has 0 radical (unpaired) electrons. The van der Waals surface area contributed by atoms with Gasteiger partial charge in [0.15, 0.2) is 0 Å². The van der Waals surface area contributed by atoms with Crippen LogP contribution in [-0.4, -0.2) is 75.4 Å². The van der Waals surface area contributed by atoms with E-state index in [1.807, 2.05) is 7.05 Å². The van der Waals surface area contributed by atoms with Gasteiger partial charge in [0.2, 0.25) is 0 Å². The molecule has 0 aromatic carbocycles. The lowest BCUT2D eigenvalue weighted by molar-refractivity contribution is 0.0630. The molecule has 2 heterocycles. The lowest BCUT2D eigenvalue weighted by Gasteiger charge is -2.31. The van der Waals surface area contributed by atoms with Gasteiger partial charge in [-0.1, -0.05) is 13.8 Å². The van der Waals surface area contributed by atoms with Crippen molar-refractivity contribution < 1.29 is 4.74 Å². The molecule has 0 bridgehead atoms. The Kier molecular flexibility index (Phi) is 5.23. The maximum absolute atomic E-state index is 5.82. The van der Waals surface area contributed by atoms with Gasteiger partial charge in [0.25, 0.3) is 0 Å². The first-order valence-corrected chi connectivity index (χ1v) is 7.69. The minimum Gasteiger partial charge on any atom is -0.377 e. The summed E-state index contributed by atoms with van der Waals surface area (Å²) in [6, 6.07) is 0.605. The lowest BCUT2D eigenvalue weighted by atomic mass is 9.92. The monoisotopic (exact) mass is 269 g/mol. The molecule has 2 rings (SSSR count). The third-order valence-corrected chi connectivity index (χ3v) is 4.35. The van der Waals surface area contributed by atoms with Crippen LogP contribution in [0, 0.1) is 5.41 Å². The fourth-order valence-electron chi connectivity index (χ4n) is 3.63. The first-order valence-electron chi connectivity index (χ1n) is 7.69. The van der Waals surface area contributed by atoms with Crippen molar-refractivity contribution in [1.82, 2.24) is 15.1 Å². The minimum atomic E-state index is 0.357. The average molecular weight is 269 g/mol. The molecule has 0 spiro atoms. The molecule has 19 heavy (non-hydrogen) atoms. The molecule has 2 aliphatic rings. The quantitative estimate of drug-likeness (QED) is 0.825. The number of likely N-dealkylation sites (N-methyl/N-ethyl adjacent to an activating group) is 2. The van der Waals surface area contributed by atoms with E-state index in [1.54, 1.807) is 0 Å². The topological polar surface area (TPSA) is 27.7 Å². The number of ether oxygens (including phenoxy) is 1. The van der Waals surface area contributed by atoms with Gasteiger partial charge >= 0.3 is 0 Å². The summed E-state index contributed by atoms with van der Waals surface area (Å²) in [6.45, 7) is 11.4. The summed E-state index contributed by atoms with van der Waals surface area (Å²) in [5, 5.41) is 3.34. The molecule has 0 aromatic rings. The molecule has 2 saturated heterocycles. The van der Waals surface area contributed by atoms with Crippen LogP contribution in [-0.2, 0) is 4.74 Å². The highest BCUT2D eigenvalue weighted by Crippen LogP contribution is 2.25. The van der Waals surface area contributed by atoms with Crippen molar-refractivity contribution in [3.8, 4) is 0 Å². The molecule has 112 valence electrons. The molecule has 4 heteroatoms. The second-order valence-corrected chi connectivity index (χ2v) is 7.12. The van der Waals surface area contributed by atoms with Gasteiger partial charge in [-0.3, -0.25) is 4.90 Å². The SMILES string of the molecule is CNCC1CN(CC2CCCO2)CC(C)(C)CN1C. The van der Waals surface area contributed by atoms with E-state index in [1.165, 1.54) is 25.9 Å². The van der Waals surface area contributed by atoms with Crippen LogP contribution in [0.15, 0.2) is 0 Å². The highest BCUT2D eigenvalue weighted by molar-refractivity contribution is 4.88. The molecule has 4 nitrogen and oxygen atoms in total. The van der Waals surface area contributed by atoms with Crippen molar-refractivity contribution >= 4 is 0 Å². The molecule has 0 aliphatic carbocycles. The van der Waals surface area contributed by atoms with E-state index in [2.05, 4.69) is 36.0 Å². The molecule has 2 fully saturated rings. The van der Waals surface area contributed by atoms with Crippen molar-refractivity contribution in [2.45, 2.75) is 38.8 Å². The Bertz CT molecular complexity index is 277. The van der Waals surface area contributed by atoms with E-state index >= 15 is 0 Å². The number of hydrogen-bond donors (Lipinski definition) is 1. The van der Waals surface area contributed by atoms with Gasteiger partial charge in [-0.05, 0) is 32.4 Å². The maximum atomic E-state index is 5.82. The molecule has 2 atom stereocenters. The molecular weight excluding hydrogens is 238 g/mol. The molecule has 0 saturated carbocycles. The Hall–Kier alpha value is -0.160. The summed E-state index contributed by atoms with van der Waals surface area (Å²) in [7, 11) is 4.31. The molecule has 1 N–H and O–H groups in total. The first-order chi connectivity index (χ1) is 9.00. The third-order valence-electron chi connectivity index (χ3n) is 4.35. The van der Waals surface area contributed by atoms with Gasteiger partial charge in [0.1, 0.15) is 0 Å². The van der Waals surface area contributed by atoms with Crippen molar-refractivity contribution in [2.24, 2.45) is 5.41 Å². The zero-order chi connectivity index (χ0) is 13.9. The number of nitrogens with zero attached hydrogens (tertiary/aromatic N) is 2. The molecule has 2 unspecified atom stereocenters. The van der Waals surface area contributed by atoms with Gasteiger partial charge in [0.05, 0.1) is 6.10 Å². The van der Waals surface area contributed by atoms with Crippen molar-refractivity contribution in [2.75, 3.05) is 53.4 Å². The second kappa shape index (κ2) is 6.53. The largest absolute Gasteiger partial charge is 0.377 e. The van der Waals surface area contributed by atoms with Crippen LogP contribution in [0.5, 0.6) is 0 Å². The Labute approximate surface area is 118 Å². The van der Waals surface area contributed by atoms with Gasteiger partial charge in [-0.2, -0.15) is 0 Å². The van der Waals surface area contributed by atoms with Crippen molar-refractivity contribution in [3.05, 3.63) is 0 Å². The van der Waals surface area contributed by atoms with Crippen LogP contribution in [0.1, 0.15) is 26.7 Å². The summed E-state index contributed by atoms with van der Waals surface area (Å²) in [4.78, 5) is 5.15. The van der Waals surface area contributed by atoms with Gasteiger partial charge < -0.3 is 15.0 Å². The summed E-state index contributed by atoms with van der Waals surface area (Å²) in [6.07, 6.45) is 2.94. The van der Waals surface area contributed by atoms with E-state index in [9.17, 15) is 0 Å². The smallest absolute Gasteiger partial charge is 0.0702 e. The summed E-state index contributed by atoms with van der Waals surface area (Å²) in [5.74, 6) is 0. The van der Waals surface area contributed by atoms with Crippen LogP contribution in [0.3, 0.4) is 0 Å². The Morgan fingerprint density at radius 2 is 2.11 bits per heavy atom. The third kappa shape index (κ3) is 4.42. The normalized spacial score (nSPS) is 33.5. The maximum Gasteiger partial charge on any atom is 0.0702 e.